The maximum absolute atomic E-state index is 12.0. The van der Waals surface area contributed by atoms with Gasteiger partial charge in [-0.1, -0.05) is 25.1 Å². The van der Waals surface area contributed by atoms with E-state index in [0.29, 0.717) is 5.56 Å². The molecule has 0 aromatic heterocycles. The molecule has 4 heteroatoms. The predicted octanol–water partition coefficient (Wildman–Crippen LogP) is 3.50. The van der Waals surface area contributed by atoms with Crippen LogP contribution in [0.2, 0.25) is 0 Å². The summed E-state index contributed by atoms with van der Waals surface area (Å²) in [4.78, 5) is 23.2. The molecule has 0 aliphatic carbocycles. The van der Waals surface area contributed by atoms with Crippen molar-refractivity contribution in [2.24, 2.45) is 0 Å². The van der Waals surface area contributed by atoms with Crippen LogP contribution in [0, 0.1) is 0 Å². The number of aryl methyl sites for hydroxylation is 1. The lowest BCUT2D eigenvalue weighted by atomic mass is 10.1. The Kier molecular flexibility index (Phi) is 5.31. The molecule has 0 atom stereocenters. The zero-order valence-electron chi connectivity index (χ0n) is 12.8. The molecular formula is C18H20N2O2. The number of ketones is 1. The Hall–Kier alpha value is -2.62. The largest absolute Gasteiger partial charge is 0.376 e. The SMILES string of the molecule is CCc1ccccc1NC(=O)CNc1ccc(C(C)=O)cc1. The molecule has 2 rings (SSSR count). The Morgan fingerprint density at radius 3 is 2.32 bits per heavy atom. The summed E-state index contributed by atoms with van der Waals surface area (Å²) >= 11 is 0. The minimum absolute atomic E-state index is 0.0282. The molecule has 22 heavy (non-hydrogen) atoms. The van der Waals surface area contributed by atoms with Crippen molar-refractivity contribution in [1.29, 1.82) is 0 Å². The van der Waals surface area contributed by atoms with E-state index < -0.39 is 0 Å². The first-order valence-electron chi connectivity index (χ1n) is 7.32. The first kappa shape index (κ1) is 15.8. The lowest BCUT2D eigenvalue weighted by Crippen LogP contribution is -2.22. The zero-order chi connectivity index (χ0) is 15.9. The number of anilines is 2. The van der Waals surface area contributed by atoms with Gasteiger partial charge in [0, 0.05) is 16.9 Å². The molecule has 0 radical (unpaired) electrons. The van der Waals surface area contributed by atoms with E-state index in [2.05, 4.69) is 17.6 Å². The summed E-state index contributed by atoms with van der Waals surface area (Å²) in [7, 11) is 0. The van der Waals surface area contributed by atoms with Crippen LogP contribution in [0.15, 0.2) is 48.5 Å². The minimum Gasteiger partial charge on any atom is -0.376 e. The number of para-hydroxylation sites is 1. The van der Waals surface area contributed by atoms with E-state index in [9.17, 15) is 9.59 Å². The molecule has 0 unspecified atom stereocenters. The number of carbonyl (C=O) groups is 2. The summed E-state index contributed by atoms with van der Waals surface area (Å²) in [6, 6.07) is 14.9. The van der Waals surface area contributed by atoms with Crippen LogP contribution in [0.3, 0.4) is 0 Å². The van der Waals surface area contributed by atoms with Crippen LogP contribution in [0.4, 0.5) is 11.4 Å². The first-order chi connectivity index (χ1) is 10.6. The normalized spacial score (nSPS) is 10.1. The first-order valence-corrected chi connectivity index (χ1v) is 7.32. The standard InChI is InChI=1S/C18H20N2O2/c1-3-14-6-4-5-7-17(14)20-18(22)12-19-16-10-8-15(9-11-16)13(2)21/h4-11,19H,3,12H2,1-2H3,(H,20,22). The van der Waals surface area contributed by atoms with Crippen molar-refractivity contribution in [2.75, 3.05) is 17.2 Å². The molecular weight excluding hydrogens is 276 g/mol. The van der Waals surface area contributed by atoms with Gasteiger partial charge in [-0.15, -0.1) is 0 Å². The van der Waals surface area contributed by atoms with Crippen molar-refractivity contribution >= 4 is 23.1 Å². The zero-order valence-corrected chi connectivity index (χ0v) is 12.8. The Morgan fingerprint density at radius 1 is 1.00 bits per heavy atom. The number of carbonyl (C=O) groups excluding carboxylic acids is 2. The van der Waals surface area contributed by atoms with Crippen LogP contribution < -0.4 is 10.6 Å². The molecule has 1 amide bonds. The second kappa shape index (κ2) is 7.41. The van der Waals surface area contributed by atoms with E-state index in [-0.39, 0.29) is 18.2 Å². The quantitative estimate of drug-likeness (QED) is 0.802. The molecule has 2 aromatic rings. The molecule has 0 fully saturated rings. The van der Waals surface area contributed by atoms with Gasteiger partial charge in [0.05, 0.1) is 6.54 Å². The van der Waals surface area contributed by atoms with Crippen LogP contribution in [-0.2, 0) is 11.2 Å². The van der Waals surface area contributed by atoms with E-state index >= 15 is 0 Å². The van der Waals surface area contributed by atoms with Gasteiger partial charge in [0.25, 0.3) is 0 Å². The van der Waals surface area contributed by atoms with Crippen LogP contribution >= 0.6 is 0 Å². The number of amides is 1. The highest BCUT2D eigenvalue weighted by atomic mass is 16.2. The van der Waals surface area contributed by atoms with Crippen molar-refractivity contribution in [3.8, 4) is 0 Å². The smallest absolute Gasteiger partial charge is 0.243 e. The van der Waals surface area contributed by atoms with E-state index in [4.69, 9.17) is 0 Å². The lowest BCUT2D eigenvalue weighted by molar-refractivity contribution is -0.114. The Morgan fingerprint density at radius 2 is 1.68 bits per heavy atom. The van der Waals surface area contributed by atoms with E-state index in [0.717, 1.165) is 23.4 Å². The number of Topliss-reactive ketones (excluding diaryl/α,β-unsaturated/α-hetero) is 1. The van der Waals surface area contributed by atoms with Gasteiger partial charge < -0.3 is 10.6 Å². The average molecular weight is 296 g/mol. The van der Waals surface area contributed by atoms with E-state index in [1.165, 1.54) is 6.92 Å². The summed E-state index contributed by atoms with van der Waals surface area (Å²) in [5.41, 5.74) is 3.43. The monoisotopic (exact) mass is 296 g/mol. The van der Waals surface area contributed by atoms with Gasteiger partial charge >= 0.3 is 0 Å². The molecule has 2 N–H and O–H groups in total. The van der Waals surface area contributed by atoms with Crippen molar-refractivity contribution in [3.05, 3.63) is 59.7 Å². The highest BCUT2D eigenvalue weighted by Crippen LogP contribution is 2.15. The highest BCUT2D eigenvalue weighted by Gasteiger charge is 2.05. The number of hydrogen-bond acceptors (Lipinski definition) is 3. The van der Waals surface area contributed by atoms with Gasteiger partial charge in [-0.2, -0.15) is 0 Å². The third kappa shape index (κ3) is 4.19. The Bertz CT molecular complexity index is 663. The third-order valence-electron chi connectivity index (χ3n) is 3.42. The van der Waals surface area contributed by atoms with Crippen molar-refractivity contribution < 1.29 is 9.59 Å². The van der Waals surface area contributed by atoms with Crippen LogP contribution in [0.25, 0.3) is 0 Å². The molecule has 0 aliphatic heterocycles. The fraction of sp³-hybridized carbons (Fsp3) is 0.222. The van der Waals surface area contributed by atoms with Gasteiger partial charge in [0.1, 0.15) is 0 Å². The van der Waals surface area contributed by atoms with Gasteiger partial charge in [-0.25, -0.2) is 0 Å². The lowest BCUT2D eigenvalue weighted by Gasteiger charge is -2.11. The minimum atomic E-state index is -0.100. The second-order valence-electron chi connectivity index (χ2n) is 5.05. The Labute approximate surface area is 130 Å². The maximum Gasteiger partial charge on any atom is 0.243 e. The molecule has 2 aromatic carbocycles. The van der Waals surface area contributed by atoms with Gasteiger partial charge in [-0.3, -0.25) is 9.59 Å². The summed E-state index contributed by atoms with van der Waals surface area (Å²) in [6.07, 6.45) is 0.871. The summed E-state index contributed by atoms with van der Waals surface area (Å²) in [6.45, 7) is 3.76. The van der Waals surface area contributed by atoms with Crippen molar-refractivity contribution in [1.82, 2.24) is 0 Å². The average Bonchev–Trinajstić information content (AvgIpc) is 2.54. The molecule has 114 valence electrons. The molecule has 0 aliphatic rings. The molecule has 4 nitrogen and oxygen atoms in total. The predicted molar refractivity (Wildman–Crippen MR) is 89.4 cm³/mol. The van der Waals surface area contributed by atoms with Gasteiger partial charge in [0.2, 0.25) is 5.91 Å². The summed E-state index contributed by atoms with van der Waals surface area (Å²) in [5, 5.41) is 5.95. The topological polar surface area (TPSA) is 58.2 Å². The van der Waals surface area contributed by atoms with Gasteiger partial charge in [0.15, 0.2) is 5.78 Å². The Balaban J connectivity index is 1.91. The number of nitrogens with one attached hydrogen (secondary N) is 2. The molecule has 0 bridgehead atoms. The van der Waals surface area contributed by atoms with E-state index in [1.807, 2.05) is 24.3 Å². The molecule has 0 saturated carbocycles. The molecule has 0 spiro atoms. The van der Waals surface area contributed by atoms with Crippen LogP contribution in [0.5, 0.6) is 0 Å². The highest BCUT2D eigenvalue weighted by molar-refractivity contribution is 5.95. The summed E-state index contributed by atoms with van der Waals surface area (Å²) < 4.78 is 0. The van der Waals surface area contributed by atoms with Crippen molar-refractivity contribution in [2.45, 2.75) is 20.3 Å². The van der Waals surface area contributed by atoms with Crippen LogP contribution in [-0.4, -0.2) is 18.2 Å². The number of benzene rings is 2. The molecule has 0 heterocycles. The third-order valence-corrected chi connectivity index (χ3v) is 3.42. The second-order valence-corrected chi connectivity index (χ2v) is 5.05. The summed E-state index contributed by atoms with van der Waals surface area (Å²) in [5.74, 6) is -0.0722. The fourth-order valence-corrected chi connectivity index (χ4v) is 2.15. The molecule has 0 saturated heterocycles. The fourth-order valence-electron chi connectivity index (χ4n) is 2.15. The van der Waals surface area contributed by atoms with Crippen LogP contribution in [0.1, 0.15) is 29.8 Å². The van der Waals surface area contributed by atoms with E-state index in [1.54, 1.807) is 24.3 Å². The maximum atomic E-state index is 12.0. The van der Waals surface area contributed by atoms with Crippen molar-refractivity contribution in [3.63, 3.8) is 0 Å². The van der Waals surface area contributed by atoms with Gasteiger partial charge in [-0.05, 0) is 49.2 Å². The number of rotatable bonds is 6. The number of hydrogen-bond donors (Lipinski definition) is 2.